The summed E-state index contributed by atoms with van der Waals surface area (Å²) in [6.07, 6.45) is 1.56. The van der Waals surface area contributed by atoms with Crippen LogP contribution in [0.4, 0.5) is 11.5 Å². The molecule has 0 radical (unpaired) electrons. The molecule has 0 aliphatic heterocycles. The highest BCUT2D eigenvalue weighted by molar-refractivity contribution is 5.62. The van der Waals surface area contributed by atoms with E-state index in [1.165, 1.54) is 0 Å². The third-order valence-corrected chi connectivity index (χ3v) is 2.51. The van der Waals surface area contributed by atoms with E-state index in [0.29, 0.717) is 5.82 Å². The van der Waals surface area contributed by atoms with E-state index in [4.69, 9.17) is 4.74 Å². The lowest BCUT2D eigenvalue weighted by molar-refractivity contribution is 0.415. The minimum absolute atomic E-state index is 0.227. The van der Waals surface area contributed by atoms with E-state index in [-0.39, 0.29) is 5.75 Å². The first kappa shape index (κ1) is 11.3. The highest BCUT2D eigenvalue weighted by atomic mass is 16.5. The van der Waals surface area contributed by atoms with E-state index in [1.54, 1.807) is 19.4 Å². The molecule has 1 aromatic carbocycles. The molecule has 4 heteroatoms. The second-order valence-electron chi connectivity index (χ2n) is 3.66. The van der Waals surface area contributed by atoms with E-state index >= 15 is 0 Å². The molecule has 0 atom stereocenters. The number of methoxy groups -OCH3 is 1. The number of benzene rings is 1. The smallest absolute Gasteiger partial charge is 0.136 e. The molecule has 17 heavy (non-hydrogen) atoms. The normalized spacial score (nSPS) is 10.0. The monoisotopic (exact) mass is 230 g/mol. The molecule has 2 aromatic rings. The lowest BCUT2D eigenvalue weighted by Crippen LogP contribution is -1.96. The Morgan fingerprint density at radius 2 is 2.12 bits per heavy atom. The van der Waals surface area contributed by atoms with Gasteiger partial charge in [0.15, 0.2) is 0 Å². The second-order valence-corrected chi connectivity index (χ2v) is 3.66. The Morgan fingerprint density at radius 1 is 1.29 bits per heavy atom. The quantitative estimate of drug-likeness (QED) is 0.851. The van der Waals surface area contributed by atoms with Gasteiger partial charge in [-0.2, -0.15) is 0 Å². The summed E-state index contributed by atoms with van der Waals surface area (Å²) in [7, 11) is 1.62. The van der Waals surface area contributed by atoms with Gasteiger partial charge >= 0.3 is 0 Å². The van der Waals surface area contributed by atoms with Crippen molar-refractivity contribution in [3.63, 3.8) is 0 Å². The summed E-state index contributed by atoms with van der Waals surface area (Å²) < 4.78 is 5.14. The Kier molecular flexibility index (Phi) is 3.14. The van der Waals surface area contributed by atoms with Gasteiger partial charge < -0.3 is 15.2 Å². The van der Waals surface area contributed by atoms with Crippen LogP contribution in [-0.4, -0.2) is 17.2 Å². The minimum Gasteiger partial charge on any atom is -0.507 e. The summed E-state index contributed by atoms with van der Waals surface area (Å²) in [5.41, 5.74) is 1.58. The summed E-state index contributed by atoms with van der Waals surface area (Å²) in [6, 6.07) is 9.10. The zero-order chi connectivity index (χ0) is 12.3. The van der Waals surface area contributed by atoms with Crippen LogP contribution in [0.2, 0.25) is 0 Å². The minimum atomic E-state index is 0.227. The van der Waals surface area contributed by atoms with Crippen molar-refractivity contribution in [1.82, 2.24) is 4.98 Å². The largest absolute Gasteiger partial charge is 0.507 e. The maximum Gasteiger partial charge on any atom is 0.136 e. The molecular formula is C13H14N2O2. The fraction of sp³-hybridized carbons (Fsp3) is 0.154. The number of pyridine rings is 1. The zero-order valence-corrected chi connectivity index (χ0v) is 9.77. The van der Waals surface area contributed by atoms with Crippen LogP contribution in [0, 0.1) is 6.92 Å². The Bertz CT molecular complexity index is 527. The lowest BCUT2D eigenvalue weighted by Gasteiger charge is -2.10. The maximum atomic E-state index is 9.57. The first-order valence-corrected chi connectivity index (χ1v) is 5.26. The predicted octanol–water partition coefficient (Wildman–Crippen LogP) is 2.85. The summed E-state index contributed by atoms with van der Waals surface area (Å²) >= 11 is 0. The zero-order valence-electron chi connectivity index (χ0n) is 9.77. The summed E-state index contributed by atoms with van der Waals surface area (Å²) in [5.74, 6) is 1.64. The van der Waals surface area contributed by atoms with Crippen LogP contribution in [0.3, 0.4) is 0 Å². The van der Waals surface area contributed by atoms with Crippen molar-refractivity contribution in [3.8, 4) is 11.5 Å². The molecule has 0 spiro atoms. The van der Waals surface area contributed by atoms with Crippen LogP contribution >= 0.6 is 0 Å². The first-order valence-electron chi connectivity index (χ1n) is 5.26. The van der Waals surface area contributed by atoms with Gasteiger partial charge in [0, 0.05) is 23.5 Å². The van der Waals surface area contributed by atoms with Crippen molar-refractivity contribution >= 4 is 11.5 Å². The average molecular weight is 230 g/mol. The van der Waals surface area contributed by atoms with Gasteiger partial charge in [0.05, 0.1) is 7.11 Å². The molecule has 1 heterocycles. The molecule has 0 aliphatic carbocycles. The second kappa shape index (κ2) is 4.74. The number of aromatic hydroxyl groups is 1. The summed E-state index contributed by atoms with van der Waals surface area (Å²) in [6.45, 7) is 1.81. The van der Waals surface area contributed by atoms with E-state index in [9.17, 15) is 5.11 Å². The third-order valence-electron chi connectivity index (χ3n) is 2.51. The molecule has 0 saturated heterocycles. The number of ether oxygens (including phenoxy) is 1. The van der Waals surface area contributed by atoms with Gasteiger partial charge in [-0.15, -0.1) is 0 Å². The van der Waals surface area contributed by atoms with Gasteiger partial charge in [-0.05, 0) is 25.1 Å². The molecule has 2 N–H and O–H groups in total. The van der Waals surface area contributed by atoms with Crippen molar-refractivity contribution in [2.45, 2.75) is 6.92 Å². The van der Waals surface area contributed by atoms with E-state index in [1.807, 2.05) is 31.2 Å². The van der Waals surface area contributed by atoms with Crippen LogP contribution in [0.1, 0.15) is 5.56 Å². The lowest BCUT2D eigenvalue weighted by atomic mass is 10.2. The number of hydrogen-bond acceptors (Lipinski definition) is 4. The molecule has 0 fully saturated rings. The Labute approximate surface area is 99.9 Å². The van der Waals surface area contributed by atoms with Crippen LogP contribution in [-0.2, 0) is 0 Å². The van der Waals surface area contributed by atoms with Gasteiger partial charge in [0.25, 0.3) is 0 Å². The van der Waals surface area contributed by atoms with E-state index < -0.39 is 0 Å². The molecule has 4 nitrogen and oxygen atoms in total. The molecule has 2 rings (SSSR count). The van der Waals surface area contributed by atoms with E-state index in [0.717, 1.165) is 17.0 Å². The average Bonchev–Trinajstić information content (AvgIpc) is 2.35. The number of nitrogens with zero attached hydrogens (tertiary/aromatic N) is 1. The van der Waals surface area contributed by atoms with Gasteiger partial charge in [0.2, 0.25) is 0 Å². The Hall–Kier alpha value is -2.23. The fourth-order valence-corrected chi connectivity index (χ4v) is 1.49. The molecule has 0 unspecified atom stereocenters. The third kappa shape index (κ3) is 2.47. The standard InChI is InChI=1S/C13H14N2O2/c1-9-12(16)6-7-14-13(9)15-10-4-3-5-11(8-10)17-2/h3-8H,1-2H3,(H2,14,15,16). The number of nitrogens with one attached hydrogen (secondary N) is 1. The molecule has 0 amide bonds. The van der Waals surface area contributed by atoms with Gasteiger partial charge in [-0.1, -0.05) is 6.07 Å². The van der Waals surface area contributed by atoms with Gasteiger partial charge in [-0.3, -0.25) is 0 Å². The van der Waals surface area contributed by atoms with Crippen molar-refractivity contribution in [3.05, 3.63) is 42.1 Å². The number of rotatable bonds is 3. The molecule has 1 aromatic heterocycles. The number of anilines is 2. The molecule has 0 saturated carbocycles. The highest BCUT2D eigenvalue weighted by Crippen LogP contribution is 2.26. The topological polar surface area (TPSA) is 54.4 Å². The Morgan fingerprint density at radius 3 is 2.88 bits per heavy atom. The molecule has 0 aliphatic rings. The van der Waals surface area contributed by atoms with Crippen molar-refractivity contribution < 1.29 is 9.84 Å². The fourth-order valence-electron chi connectivity index (χ4n) is 1.49. The number of hydrogen-bond donors (Lipinski definition) is 2. The number of aromatic nitrogens is 1. The van der Waals surface area contributed by atoms with Crippen molar-refractivity contribution in [1.29, 1.82) is 0 Å². The summed E-state index contributed by atoms with van der Waals surface area (Å²) in [4.78, 5) is 4.18. The molecule has 88 valence electrons. The summed E-state index contributed by atoms with van der Waals surface area (Å²) in [5, 5.41) is 12.7. The van der Waals surface area contributed by atoms with Crippen LogP contribution in [0.15, 0.2) is 36.5 Å². The van der Waals surface area contributed by atoms with Gasteiger partial charge in [-0.25, -0.2) is 4.98 Å². The Balaban J connectivity index is 2.28. The van der Waals surface area contributed by atoms with Crippen molar-refractivity contribution in [2.24, 2.45) is 0 Å². The van der Waals surface area contributed by atoms with Crippen LogP contribution in [0.25, 0.3) is 0 Å². The maximum absolute atomic E-state index is 9.57. The van der Waals surface area contributed by atoms with Crippen molar-refractivity contribution in [2.75, 3.05) is 12.4 Å². The predicted molar refractivity (Wildman–Crippen MR) is 66.9 cm³/mol. The van der Waals surface area contributed by atoms with E-state index in [2.05, 4.69) is 10.3 Å². The van der Waals surface area contributed by atoms with Gasteiger partial charge in [0.1, 0.15) is 17.3 Å². The van der Waals surface area contributed by atoms with Crippen LogP contribution in [0.5, 0.6) is 11.5 Å². The highest BCUT2D eigenvalue weighted by Gasteiger charge is 2.04. The SMILES string of the molecule is COc1cccc(Nc2nccc(O)c2C)c1. The molecular weight excluding hydrogens is 216 g/mol. The first-order chi connectivity index (χ1) is 8.20. The van der Waals surface area contributed by atoms with Crippen LogP contribution < -0.4 is 10.1 Å². The molecule has 0 bridgehead atoms.